The van der Waals surface area contributed by atoms with Crippen LogP contribution in [-0.2, 0) is 0 Å². The van der Waals surface area contributed by atoms with E-state index < -0.39 is 0 Å². The van der Waals surface area contributed by atoms with Crippen LogP contribution in [-0.4, -0.2) is 47.6 Å². The molecular formula is C14H21N3S. The second kappa shape index (κ2) is 6.04. The molecule has 1 aromatic rings. The number of thioether (sulfide) groups is 1. The van der Waals surface area contributed by atoms with E-state index in [-0.39, 0.29) is 0 Å². The molecule has 98 valence electrons. The van der Waals surface area contributed by atoms with Crippen LogP contribution in [0.15, 0.2) is 24.5 Å². The Morgan fingerprint density at radius 2 is 2.28 bits per heavy atom. The molecular weight excluding hydrogens is 242 g/mol. The number of hydrogen-bond donors (Lipinski definition) is 1. The molecule has 1 aromatic heterocycles. The molecule has 3 nitrogen and oxygen atoms in total. The maximum atomic E-state index is 4.13. The average molecular weight is 263 g/mol. The average Bonchev–Trinajstić information content (AvgIpc) is 2.93. The fourth-order valence-electron chi connectivity index (χ4n) is 2.94. The summed E-state index contributed by atoms with van der Waals surface area (Å²) < 4.78 is 0. The monoisotopic (exact) mass is 263 g/mol. The molecule has 3 rings (SSSR count). The molecule has 2 atom stereocenters. The SMILES string of the molecule is c1cc(C2CNCCN2CC2CCSC2)ccn1. The maximum Gasteiger partial charge on any atom is 0.0474 e. The highest BCUT2D eigenvalue weighted by atomic mass is 32.2. The largest absolute Gasteiger partial charge is 0.314 e. The van der Waals surface area contributed by atoms with Crippen molar-refractivity contribution in [3.63, 3.8) is 0 Å². The molecule has 0 aliphatic carbocycles. The fraction of sp³-hybridized carbons (Fsp3) is 0.643. The van der Waals surface area contributed by atoms with E-state index in [2.05, 4.69) is 39.1 Å². The summed E-state index contributed by atoms with van der Waals surface area (Å²) in [7, 11) is 0. The molecule has 0 saturated carbocycles. The van der Waals surface area contributed by atoms with Crippen molar-refractivity contribution in [2.24, 2.45) is 5.92 Å². The van der Waals surface area contributed by atoms with Gasteiger partial charge in [0.05, 0.1) is 0 Å². The summed E-state index contributed by atoms with van der Waals surface area (Å²) in [4.78, 5) is 6.80. The van der Waals surface area contributed by atoms with E-state index in [9.17, 15) is 0 Å². The van der Waals surface area contributed by atoms with Crippen molar-refractivity contribution in [3.05, 3.63) is 30.1 Å². The van der Waals surface area contributed by atoms with E-state index in [1.165, 1.54) is 36.6 Å². The van der Waals surface area contributed by atoms with Crippen LogP contribution in [0.3, 0.4) is 0 Å². The Bertz CT molecular complexity index is 365. The Morgan fingerprint density at radius 1 is 1.39 bits per heavy atom. The quantitative estimate of drug-likeness (QED) is 0.900. The van der Waals surface area contributed by atoms with Gasteiger partial charge in [0.25, 0.3) is 0 Å². The van der Waals surface area contributed by atoms with Gasteiger partial charge in [-0.25, -0.2) is 0 Å². The minimum Gasteiger partial charge on any atom is -0.314 e. The molecule has 0 radical (unpaired) electrons. The maximum absolute atomic E-state index is 4.13. The minimum atomic E-state index is 0.535. The smallest absolute Gasteiger partial charge is 0.0474 e. The Kier molecular flexibility index (Phi) is 4.18. The number of rotatable bonds is 3. The summed E-state index contributed by atoms with van der Waals surface area (Å²) in [5.41, 5.74) is 1.41. The van der Waals surface area contributed by atoms with Crippen LogP contribution in [0, 0.1) is 5.92 Å². The number of nitrogens with zero attached hydrogens (tertiary/aromatic N) is 2. The van der Waals surface area contributed by atoms with Crippen molar-refractivity contribution in [1.29, 1.82) is 0 Å². The first-order chi connectivity index (χ1) is 8.93. The van der Waals surface area contributed by atoms with E-state index in [1.54, 1.807) is 0 Å². The third-order valence-corrected chi connectivity index (χ3v) is 5.19. The lowest BCUT2D eigenvalue weighted by atomic mass is 10.0. The normalized spacial score (nSPS) is 29.6. The van der Waals surface area contributed by atoms with Gasteiger partial charge < -0.3 is 5.32 Å². The number of aromatic nitrogens is 1. The van der Waals surface area contributed by atoms with Crippen molar-refractivity contribution >= 4 is 11.8 Å². The first-order valence-corrected chi connectivity index (χ1v) is 8.01. The second-order valence-corrected chi connectivity index (χ2v) is 6.37. The molecule has 18 heavy (non-hydrogen) atoms. The van der Waals surface area contributed by atoms with Crippen molar-refractivity contribution in [2.45, 2.75) is 12.5 Å². The zero-order valence-corrected chi connectivity index (χ0v) is 11.5. The van der Waals surface area contributed by atoms with Gasteiger partial charge in [0.2, 0.25) is 0 Å². The van der Waals surface area contributed by atoms with Gasteiger partial charge in [-0.2, -0.15) is 11.8 Å². The Labute approximate surface area is 113 Å². The van der Waals surface area contributed by atoms with Gasteiger partial charge in [0, 0.05) is 44.6 Å². The zero-order valence-electron chi connectivity index (χ0n) is 10.7. The zero-order chi connectivity index (χ0) is 12.2. The van der Waals surface area contributed by atoms with Crippen molar-refractivity contribution in [1.82, 2.24) is 15.2 Å². The first kappa shape index (κ1) is 12.5. The van der Waals surface area contributed by atoms with E-state index in [0.717, 1.165) is 19.0 Å². The third-order valence-electron chi connectivity index (χ3n) is 3.96. The number of nitrogens with one attached hydrogen (secondary N) is 1. The lowest BCUT2D eigenvalue weighted by Crippen LogP contribution is -2.47. The van der Waals surface area contributed by atoms with Gasteiger partial charge >= 0.3 is 0 Å². The molecule has 2 saturated heterocycles. The van der Waals surface area contributed by atoms with E-state index in [0.29, 0.717) is 6.04 Å². The van der Waals surface area contributed by atoms with Crippen molar-refractivity contribution < 1.29 is 0 Å². The predicted octanol–water partition coefficient (Wildman–Crippen LogP) is 1.78. The van der Waals surface area contributed by atoms with Crippen molar-refractivity contribution in [3.8, 4) is 0 Å². The van der Waals surface area contributed by atoms with E-state index in [4.69, 9.17) is 0 Å². The molecule has 0 amide bonds. The Morgan fingerprint density at radius 3 is 3.06 bits per heavy atom. The number of piperazine rings is 1. The number of hydrogen-bond acceptors (Lipinski definition) is 4. The molecule has 0 aromatic carbocycles. The summed E-state index contributed by atoms with van der Waals surface area (Å²) in [6.45, 7) is 4.64. The lowest BCUT2D eigenvalue weighted by molar-refractivity contribution is 0.142. The van der Waals surface area contributed by atoms with E-state index in [1.807, 2.05) is 12.4 Å². The highest BCUT2D eigenvalue weighted by Crippen LogP contribution is 2.28. The first-order valence-electron chi connectivity index (χ1n) is 6.86. The summed E-state index contributed by atoms with van der Waals surface area (Å²) in [5.74, 6) is 3.61. The summed E-state index contributed by atoms with van der Waals surface area (Å²) in [6, 6.07) is 4.86. The molecule has 2 aliphatic rings. The van der Waals surface area contributed by atoms with Crippen LogP contribution in [0.2, 0.25) is 0 Å². The number of pyridine rings is 1. The third kappa shape index (κ3) is 2.87. The van der Waals surface area contributed by atoms with Crippen LogP contribution < -0.4 is 5.32 Å². The molecule has 2 fully saturated rings. The molecule has 2 unspecified atom stereocenters. The fourth-order valence-corrected chi connectivity index (χ4v) is 4.21. The van der Waals surface area contributed by atoms with Gasteiger partial charge in [-0.05, 0) is 41.5 Å². The topological polar surface area (TPSA) is 28.2 Å². The van der Waals surface area contributed by atoms with Crippen LogP contribution in [0.4, 0.5) is 0 Å². The summed E-state index contributed by atoms with van der Waals surface area (Å²) in [6.07, 6.45) is 5.22. The minimum absolute atomic E-state index is 0.535. The van der Waals surface area contributed by atoms with E-state index >= 15 is 0 Å². The second-order valence-electron chi connectivity index (χ2n) is 5.23. The summed E-state index contributed by atoms with van der Waals surface area (Å²) in [5, 5.41) is 3.52. The highest BCUT2D eigenvalue weighted by molar-refractivity contribution is 7.99. The molecule has 1 N–H and O–H groups in total. The van der Waals surface area contributed by atoms with Gasteiger partial charge in [-0.3, -0.25) is 9.88 Å². The van der Waals surface area contributed by atoms with Gasteiger partial charge in [0.1, 0.15) is 0 Å². The Balaban J connectivity index is 1.69. The van der Waals surface area contributed by atoms with Crippen LogP contribution in [0.25, 0.3) is 0 Å². The molecule has 3 heterocycles. The highest BCUT2D eigenvalue weighted by Gasteiger charge is 2.27. The van der Waals surface area contributed by atoms with Crippen LogP contribution in [0.5, 0.6) is 0 Å². The van der Waals surface area contributed by atoms with Crippen LogP contribution >= 0.6 is 11.8 Å². The standard InChI is InChI=1S/C14H21N3S/c1-4-15-5-2-13(1)14-9-16-6-7-17(14)10-12-3-8-18-11-12/h1-2,4-5,12,14,16H,3,6-11H2. The molecule has 0 spiro atoms. The molecule has 0 bridgehead atoms. The molecule has 4 heteroatoms. The summed E-state index contributed by atoms with van der Waals surface area (Å²) >= 11 is 2.12. The Hall–Kier alpha value is -0.580. The van der Waals surface area contributed by atoms with Crippen molar-refractivity contribution in [2.75, 3.05) is 37.7 Å². The predicted molar refractivity (Wildman–Crippen MR) is 76.9 cm³/mol. The van der Waals surface area contributed by atoms with Gasteiger partial charge in [-0.1, -0.05) is 0 Å². The lowest BCUT2D eigenvalue weighted by Gasteiger charge is -2.37. The van der Waals surface area contributed by atoms with Crippen LogP contribution in [0.1, 0.15) is 18.0 Å². The van der Waals surface area contributed by atoms with Gasteiger partial charge in [-0.15, -0.1) is 0 Å². The van der Waals surface area contributed by atoms with Gasteiger partial charge in [0.15, 0.2) is 0 Å². The molecule has 2 aliphatic heterocycles.